The summed E-state index contributed by atoms with van der Waals surface area (Å²) in [7, 11) is 0. The van der Waals surface area contributed by atoms with Crippen molar-refractivity contribution in [1.82, 2.24) is 5.32 Å². The largest absolute Gasteiger partial charge is 0.349 e. The zero-order valence-corrected chi connectivity index (χ0v) is 10.9. The molecule has 0 heterocycles. The fourth-order valence-electron chi connectivity index (χ4n) is 1.25. The third-order valence-electron chi connectivity index (χ3n) is 2.40. The number of carbonyl (C=O) groups is 1. The van der Waals surface area contributed by atoms with Crippen molar-refractivity contribution in [3.63, 3.8) is 0 Å². The number of hydrogen-bond acceptors (Lipinski definition) is 1. The second-order valence-electron chi connectivity index (χ2n) is 5.00. The van der Waals surface area contributed by atoms with Crippen molar-refractivity contribution < 1.29 is 4.79 Å². The Hall–Kier alpha value is -1.02. The SMILES string of the molecule is C[C@@H](NC(=O)C(C)(C)C)c1ccc(Cl)cc1. The second kappa shape index (κ2) is 4.88. The fraction of sp³-hybridized carbons (Fsp3) is 0.462. The highest BCUT2D eigenvalue weighted by molar-refractivity contribution is 6.30. The average Bonchev–Trinajstić information content (AvgIpc) is 2.17. The lowest BCUT2D eigenvalue weighted by molar-refractivity contribution is -0.129. The van der Waals surface area contributed by atoms with Gasteiger partial charge in [0.15, 0.2) is 0 Å². The summed E-state index contributed by atoms with van der Waals surface area (Å²) in [5.74, 6) is 0.0509. The van der Waals surface area contributed by atoms with Crippen molar-refractivity contribution in [2.45, 2.75) is 33.7 Å². The second-order valence-corrected chi connectivity index (χ2v) is 5.43. The van der Waals surface area contributed by atoms with E-state index < -0.39 is 0 Å². The standard InChI is InChI=1S/C13H18ClNO/c1-9(15-12(16)13(2,3)4)10-5-7-11(14)8-6-10/h5-9H,1-4H3,(H,15,16)/t9-/m1/s1. The predicted octanol–water partition coefficient (Wildman–Crippen LogP) is 3.56. The molecule has 0 radical (unpaired) electrons. The molecule has 0 aliphatic carbocycles. The first kappa shape index (κ1) is 13.0. The Labute approximate surface area is 102 Å². The van der Waals surface area contributed by atoms with Crippen molar-refractivity contribution in [3.05, 3.63) is 34.9 Å². The highest BCUT2D eigenvalue weighted by atomic mass is 35.5. The minimum Gasteiger partial charge on any atom is -0.349 e. The molecule has 0 saturated heterocycles. The van der Waals surface area contributed by atoms with Crippen molar-refractivity contribution in [2.75, 3.05) is 0 Å². The number of rotatable bonds is 2. The first-order chi connectivity index (χ1) is 7.30. The van der Waals surface area contributed by atoms with Crippen LogP contribution in [-0.4, -0.2) is 5.91 Å². The quantitative estimate of drug-likeness (QED) is 0.840. The van der Waals surface area contributed by atoms with Crippen molar-refractivity contribution in [1.29, 1.82) is 0 Å². The van der Waals surface area contributed by atoms with Gasteiger partial charge in [0.05, 0.1) is 6.04 Å². The summed E-state index contributed by atoms with van der Waals surface area (Å²) in [6.07, 6.45) is 0. The Balaban J connectivity index is 2.69. The third kappa shape index (κ3) is 3.53. The Bertz CT molecular complexity index is 365. The van der Waals surface area contributed by atoms with Crippen molar-refractivity contribution >= 4 is 17.5 Å². The van der Waals surface area contributed by atoms with Crippen LogP contribution in [-0.2, 0) is 4.79 Å². The van der Waals surface area contributed by atoms with E-state index in [1.807, 2.05) is 52.0 Å². The molecule has 1 rings (SSSR count). The van der Waals surface area contributed by atoms with Crippen LogP contribution in [0.25, 0.3) is 0 Å². The van der Waals surface area contributed by atoms with E-state index in [2.05, 4.69) is 5.32 Å². The maximum absolute atomic E-state index is 11.8. The Morgan fingerprint density at radius 3 is 2.19 bits per heavy atom. The molecule has 2 nitrogen and oxygen atoms in total. The summed E-state index contributed by atoms with van der Waals surface area (Å²) in [5.41, 5.74) is 0.697. The summed E-state index contributed by atoms with van der Waals surface area (Å²) < 4.78 is 0. The van der Waals surface area contributed by atoms with E-state index in [4.69, 9.17) is 11.6 Å². The minimum absolute atomic E-state index is 0.00370. The Kier molecular flexibility index (Phi) is 3.98. The van der Waals surface area contributed by atoms with Gasteiger partial charge in [0.1, 0.15) is 0 Å². The monoisotopic (exact) mass is 239 g/mol. The lowest BCUT2D eigenvalue weighted by atomic mass is 9.95. The molecule has 0 aliphatic heterocycles. The van der Waals surface area contributed by atoms with E-state index in [1.165, 1.54) is 0 Å². The molecule has 1 aromatic carbocycles. The molecule has 1 N–H and O–H groups in total. The maximum Gasteiger partial charge on any atom is 0.225 e. The third-order valence-corrected chi connectivity index (χ3v) is 2.65. The molecule has 3 heteroatoms. The summed E-state index contributed by atoms with van der Waals surface area (Å²) in [6, 6.07) is 7.52. The molecule has 0 unspecified atom stereocenters. The molecule has 0 spiro atoms. The van der Waals surface area contributed by atoms with Gasteiger partial charge in [-0.1, -0.05) is 44.5 Å². The molecule has 1 amide bonds. The summed E-state index contributed by atoms with van der Waals surface area (Å²) in [4.78, 5) is 11.8. The van der Waals surface area contributed by atoms with Gasteiger partial charge in [-0.25, -0.2) is 0 Å². The van der Waals surface area contributed by atoms with Crippen molar-refractivity contribution in [3.8, 4) is 0 Å². The number of hydrogen-bond donors (Lipinski definition) is 1. The number of carbonyl (C=O) groups excluding carboxylic acids is 1. The maximum atomic E-state index is 11.8. The summed E-state index contributed by atoms with van der Waals surface area (Å²) in [6.45, 7) is 7.66. The van der Waals surface area contributed by atoms with Crippen LogP contribution >= 0.6 is 11.6 Å². The Morgan fingerprint density at radius 1 is 1.25 bits per heavy atom. The molecule has 16 heavy (non-hydrogen) atoms. The zero-order valence-electron chi connectivity index (χ0n) is 10.2. The molecule has 0 aromatic heterocycles. The van der Waals surface area contributed by atoms with E-state index in [0.717, 1.165) is 5.56 Å². The van der Waals surface area contributed by atoms with E-state index >= 15 is 0 Å². The Morgan fingerprint density at radius 2 is 1.75 bits per heavy atom. The molecule has 1 atom stereocenters. The van der Waals surface area contributed by atoms with Crippen LogP contribution < -0.4 is 5.32 Å². The first-order valence-corrected chi connectivity index (χ1v) is 5.75. The van der Waals surface area contributed by atoms with Gasteiger partial charge < -0.3 is 5.32 Å². The van der Waals surface area contributed by atoms with Gasteiger partial charge in [-0.15, -0.1) is 0 Å². The van der Waals surface area contributed by atoms with Gasteiger partial charge in [0.2, 0.25) is 5.91 Å². The van der Waals surface area contributed by atoms with Crippen LogP contribution in [0.15, 0.2) is 24.3 Å². The van der Waals surface area contributed by atoms with E-state index in [9.17, 15) is 4.79 Å². The number of benzene rings is 1. The smallest absolute Gasteiger partial charge is 0.225 e. The lowest BCUT2D eigenvalue weighted by Gasteiger charge is -2.22. The molecular weight excluding hydrogens is 222 g/mol. The van der Waals surface area contributed by atoms with Crippen molar-refractivity contribution in [2.24, 2.45) is 5.41 Å². The zero-order chi connectivity index (χ0) is 12.3. The van der Waals surface area contributed by atoms with Crippen LogP contribution in [0.4, 0.5) is 0 Å². The molecule has 88 valence electrons. The molecule has 0 bridgehead atoms. The van der Waals surface area contributed by atoms with Gasteiger partial charge in [-0.2, -0.15) is 0 Å². The molecule has 1 aromatic rings. The first-order valence-electron chi connectivity index (χ1n) is 5.37. The highest BCUT2D eigenvalue weighted by Gasteiger charge is 2.22. The number of halogens is 1. The predicted molar refractivity (Wildman–Crippen MR) is 67.5 cm³/mol. The van der Waals surface area contributed by atoms with Crippen LogP contribution in [0, 0.1) is 5.41 Å². The number of amides is 1. The summed E-state index contributed by atoms with van der Waals surface area (Å²) in [5, 5.41) is 3.68. The van der Waals surface area contributed by atoms with Crippen LogP contribution in [0.3, 0.4) is 0 Å². The van der Waals surface area contributed by atoms with E-state index in [0.29, 0.717) is 5.02 Å². The van der Waals surface area contributed by atoms with Crippen LogP contribution in [0.5, 0.6) is 0 Å². The average molecular weight is 240 g/mol. The molecule has 0 saturated carbocycles. The minimum atomic E-state index is -0.360. The van der Waals surface area contributed by atoms with Crippen LogP contribution in [0.1, 0.15) is 39.3 Å². The molecule has 0 fully saturated rings. The van der Waals surface area contributed by atoms with Gasteiger partial charge in [0.25, 0.3) is 0 Å². The normalized spacial score (nSPS) is 13.3. The molecule has 0 aliphatic rings. The topological polar surface area (TPSA) is 29.1 Å². The van der Waals surface area contributed by atoms with E-state index in [-0.39, 0.29) is 17.4 Å². The molecular formula is C13H18ClNO. The lowest BCUT2D eigenvalue weighted by Crippen LogP contribution is -2.36. The van der Waals surface area contributed by atoms with Gasteiger partial charge >= 0.3 is 0 Å². The highest BCUT2D eigenvalue weighted by Crippen LogP contribution is 2.19. The van der Waals surface area contributed by atoms with Gasteiger partial charge in [-0.05, 0) is 24.6 Å². The van der Waals surface area contributed by atoms with E-state index in [1.54, 1.807) is 0 Å². The van der Waals surface area contributed by atoms with Gasteiger partial charge in [-0.3, -0.25) is 4.79 Å². The van der Waals surface area contributed by atoms with Gasteiger partial charge in [0, 0.05) is 10.4 Å². The van der Waals surface area contributed by atoms with Crippen LogP contribution in [0.2, 0.25) is 5.02 Å². The fourth-order valence-corrected chi connectivity index (χ4v) is 1.37. The summed E-state index contributed by atoms with van der Waals surface area (Å²) >= 11 is 5.81. The number of nitrogens with one attached hydrogen (secondary N) is 1.